The number of aromatic nitrogens is 1. The third-order valence-electron chi connectivity index (χ3n) is 5.80. The number of benzene rings is 2. The molecule has 0 amide bonds. The van der Waals surface area contributed by atoms with Crippen LogP contribution in [0.2, 0.25) is 0 Å². The minimum atomic E-state index is -0.434. The van der Waals surface area contributed by atoms with Gasteiger partial charge in [0, 0.05) is 28.5 Å². The zero-order valence-corrected chi connectivity index (χ0v) is 21.7. The fraction of sp³-hybridized carbons (Fsp3) is 0.407. The van der Waals surface area contributed by atoms with Crippen LogP contribution in [-0.2, 0) is 6.42 Å². The van der Waals surface area contributed by atoms with Crippen molar-refractivity contribution in [1.29, 1.82) is 0 Å². The fourth-order valence-corrected chi connectivity index (χ4v) is 4.58. The summed E-state index contributed by atoms with van der Waals surface area (Å²) >= 11 is 1.71. The normalized spacial score (nSPS) is 13.6. The van der Waals surface area contributed by atoms with Gasteiger partial charge in [0.2, 0.25) is 6.29 Å². The Hall–Kier alpha value is -3.10. The molecule has 188 valence electrons. The van der Waals surface area contributed by atoms with Gasteiger partial charge in [-0.15, -0.1) is 11.3 Å². The van der Waals surface area contributed by atoms with E-state index in [9.17, 15) is 0 Å². The lowest BCUT2D eigenvalue weighted by molar-refractivity contribution is -0.00211. The molecule has 1 heterocycles. The Labute approximate surface area is 211 Å². The number of hydrogen-bond donors (Lipinski definition) is 3. The van der Waals surface area contributed by atoms with Crippen molar-refractivity contribution >= 4 is 17.2 Å². The predicted octanol–water partition coefficient (Wildman–Crippen LogP) is 5.71. The van der Waals surface area contributed by atoms with Gasteiger partial charge in [0.25, 0.3) is 0 Å². The van der Waals surface area contributed by atoms with Crippen LogP contribution in [0.5, 0.6) is 11.5 Å². The summed E-state index contributed by atoms with van der Waals surface area (Å²) in [6.07, 6.45) is 3.15. The molecule has 5 N–H and O–H groups in total. The van der Waals surface area contributed by atoms with E-state index < -0.39 is 6.29 Å². The summed E-state index contributed by atoms with van der Waals surface area (Å²) in [6, 6.07) is 15.2. The van der Waals surface area contributed by atoms with Crippen LogP contribution < -0.4 is 20.9 Å². The lowest BCUT2D eigenvalue weighted by atomic mass is 9.99. The van der Waals surface area contributed by atoms with Gasteiger partial charge in [0.05, 0.1) is 10.7 Å². The van der Waals surface area contributed by atoms with Crippen molar-refractivity contribution in [2.24, 2.45) is 22.5 Å². The molecule has 0 saturated carbocycles. The van der Waals surface area contributed by atoms with E-state index in [1.165, 1.54) is 4.88 Å². The molecule has 2 aromatic carbocycles. The summed E-state index contributed by atoms with van der Waals surface area (Å²) in [4.78, 5) is 5.99. The lowest BCUT2D eigenvalue weighted by Gasteiger charge is -2.21. The van der Waals surface area contributed by atoms with E-state index in [0.29, 0.717) is 17.2 Å². The van der Waals surface area contributed by atoms with Gasteiger partial charge in [0.1, 0.15) is 11.5 Å². The second-order valence-corrected chi connectivity index (χ2v) is 10.2. The first-order valence-corrected chi connectivity index (χ1v) is 12.9. The number of ether oxygens (including phenoxy) is 2. The number of thiazole rings is 1. The van der Waals surface area contributed by atoms with Gasteiger partial charge in [0.15, 0.2) is 5.84 Å². The average Bonchev–Trinajstić information content (AvgIpc) is 3.22. The van der Waals surface area contributed by atoms with Crippen molar-refractivity contribution in [3.63, 3.8) is 0 Å². The monoisotopic (exact) mass is 496 g/mol. The first-order chi connectivity index (χ1) is 16.8. The topological polar surface area (TPSA) is 116 Å². The van der Waals surface area contributed by atoms with E-state index in [0.717, 1.165) is 47.7 Å². The molecule has 3 aromatic rings. The molecule has 35 heavy (non-hydrogen) atoms. The standard InChI is InChI=1S/C27H36N4O3S/c1-5-6-7-25(34-22-14-10-20(11-15-22)27(29)31-32)33-21-12-8-19(9-13-21)26-24(35-18(4)30-26)16-23(28)17(2)3/h8-15,17,23,25,32H,5-7,16,28H2,1-4H3,(H2,29,31). The van der Waals surface area contributed by atoms with Crippen LogP contribution in [-0.4, -0.2) is 28.4 Å². The summed E-state index contributed by atoms with van der Waals surface area (Å²) in [5.74, 6) is 1.86. The number of hydrogen-bond acceptors (Lipinski definition) is 7. The van der Waals surface area contributed by atoms with Gasteiger partial charge >= 0.3 is 0 Å². The Morgan fingerprint density at radius 2 is 1.66 bits per heavy atom. The molecule has 0 aliphatic carbocycles. The molecule has 2 unspecified atom stereocenters. The molecule has 0 spiro atoms. The molecule has 0 fully saturated rings. The minimum Gasteiger partial charge on any atom is -0.455 e. The van der Waals surface area contributed by atoms with Crippen molar-refractivity contribution in [3.05, 3.63) is 64.0 Å². The smallest absolute Gasteiger partial charge is 0.241 e. The average molecular weight is 497 g/mol. The SMILES string of the molecule is CCCCC(Oc1ccc(C(N)=NO)cc1)Oc1ccc(-c2nc(C)sc2CC(N)C(C)C)cc1. The maximum absolute atomic E-state index is 8.84. The van der Waals surface area contributed by atoms with Gasteiger partial charge in [-0.1, -0.05) is 32.3 Å². The predicted molar refractivity (Wildman–Crippen MR) is 142 cm³/mol. The fourth-order valence-electron chi connectivity index (χ4n) is 3.55. The summed E-state index contributed by atoms with van der Waals surface area (Å²) in [5, 5.41) is 12.9. The summed E-state index contributed by atoms with van der Waals surface area (Å²) in [7, 11) is 0. The molecule has 8 heteroatoms. The number of rotatable bonds is 12. The van der Waals surface area contributed by atoms with E-state index in [2.05, 4.69) is 25.9 Å². The number of oxime groups is 1. The zero-order valence-electron chi connectivity index (χ0n) is 20.9. The van der Waals surface area contributed by atoms with Crippen LogP contribution in [0.1, 0.15) is 55.5 Å². The molecule has 3 rings (SSSR count). The summed E-state index contributed by atoms with van der Waals surface area (Å²) in [5.41, 5.74) is 14.6. The van der Waals surface area contributed by atoms with E-state index in [-0.39, 0.29) is 11.9 Å². The van der Waals surface area contributed by atoms with Crippen molar-refractivity contribution in [2.45, 2.75) is 65.7 Å². The van der Waals surface area contributed by atoms with Gasteiger partial charge in [-0.25, -0.2) is 4.98 Å². The van der Waals surface area contributed by atoms with E-state index >= 15 is 0 Å². The minimum absolute atomic E-state index is 0.0556. The zero-order chi connectivity index (χ0) is 25.4. The molecule has 0 aliphatic rings. The number of nitrogens with zero attached hydrogens (tertiary/aromatic N) is 2. The largest absolute Gasteiger partial charge is 0.455 e. The van der Waals surface area contributed by atoms with E-state index in [1.54, 1.807) is 35.6 Å². The van der Waals surface area contributed by atoms with Gasteiger partial charge in [-0.3, -0.25) is 0 Å². The number of unbranched alkanes of at least 4 members (excludes halogenated alkanes) is 1. The third-order valence-corrected chi connectivity index (χ3v) is 6.79. The first kappa shape index (κ1) is 26.5. The number of nitrogens with two attached hydrogens (primary N) is 2. The molecule has 0 aliphatic heterocycles. The highest BCUT2D eigenvalue weighted by Crippen LogP contribution is 2.31. The van der Waals surface area contributed by atoms with Crippen molar-refractivity contribution in [1.82, 2.24) is 4.98 Å². The Balaban J connectivity index is 1.72. The maximum atomic E-state index is 8.84. The first-order valence-electron chi connectivity index (χ1n) is 12.0. The Kier molecular flexibility index (Phi) is 9.51. The highest BCUT2D eigenvalue weighted by molar-refractivity contribution is 7.12. The molecule has 1 aromatic heterocycles. The quantitative estimate of drug-likeness (QED) is 0.0972. The second kappa shape index (κ2) is 12.6. The van der Waals surface area contributed by atoms with Gasteiger partial charge in [-0.2, -0.15) is 0 Å². The summed E-state index contributed by atoms with van der Waals surface area (Å²) in [6.45, 7) is 8.46. The molecule has 0 bridgehead atoms. The number of aryl methyl sites for hydroxylation is 1. The van der Waals surface area contributed by atoms with Crippen LogP contribution in [0.15, 0.2) is 53.7 Å². The highest BCUT2D eigenvalue weighted by Gasteiger charge is 2.17. The van der Waals surface area contributed by atoms with Crippen LogP contribution in [0.4, 0.5) is 0 Å². The van der Waals surface area contributed by atoms with Crippen LogP contribution in [0, 0.1) is 12.8 Å². The van der Waals surface area contributed by atoms with Crippen molar-refractivity contribution < 1.29 is 14.7 Å². The molecule has 7 nitrogen and oxygen atoms in total. The Bertz CT molecular complexity index is 1090. The third kappa shape index (κ3) is 7.44. The number of amidine groups is 1. The molecule has 0 saturated heterocycles. The van der Waals surface area contributed by atoms with E-state index in [1.807, 2.05) is 31.2 Å². The Morgan fingerprint density at radius 1 is 1.06 bits per heavy atom. The maximum Gasteiger partial charge on any atom is 0.241 e. The van der Waals surface area contributed by atoms with Crippen molar-refractivity contribution in [3.8, 4) is 22.8 Å². The molecular weight excluding hydrogens is 460 g/mol. The molecule has 0 radical (unpaired) electrons. The second-order valence-electron chi connectivity index (χ2n) is 8.96. The van der Waals surface area contributed by atoms with Crippen LogP contribution in [0.25, 0.3) is 11.3 Å². The van der Waals surface area contributed by atoms with Gasteiger partial charge in [-0.05, 0) is 74.2 Å². The molecular formula is C27H36N4O3S. The lowest BCUT2D eigenvalue weighted by Crippen LogP contribution is -2.28. The van der Waals surface area contributed by atoms with Gasteiger partial charge < -0.3 is 26.1 Å². The van der Waals surface area contributed by atoms with Crippen molar-refractivity contribution in [2.75, 3.05) is 0 Å². The van der Waals surface area contributed by atoms with Crippen LogP contribution >= 0.6 is 11.3 Å². The molecule has 2 atom stereocenters. The highest BCUT2D eigenvalue weighted by atomic mass is 32.1. The van der Waals surface area contributed by atoms with E-state index in [4.69, 9.17) is 31.1 Å². The summed E-state index contributed by atoms with van der Waals surface area (Å²) < 4.78 is 12.3. The Morgan fingerprint density at radius 3 is 2.20 bits per heavy atom. The van der Waals surface area contributed by atoms with Crippen LogP contribution in [0.3, 0.4) is 0 Å².